The van der Waals surface area contributed by atoms with Crippen molar-refractivity contribution in [2.24, 2.45) is 0 Å². The Bertz CT molecular complexity index is 552. The molecule has 1 amide bonds. The van der Waals surface area contributed by atoms with Crippen LogP contribution in [0.15, 0.2) is 36.4 Å². The van der Waals surface area contributed by atoms with Crippen LogP contribution >= 0.6 is 22.9 Å². The molecule has 1 aromatic heterocycles. The molecule has 0 fully saturated rings. The molecule has 0 unspecified atom stereocenters. The summed E-state index contributed by atoms with van der Waals surface area (Å²) in [7, 11) is 0. The Kier molecular flexibility index (Phi) is 3.99. The second kappa shape index (κ2) is 5.50. The molecule has 0 aliphatic heterocycles. The van der Waals surface area contributed by atoms with E-state index in [1.54, 1.807) is 6.07 Å². The minimum Gasteiger partial charge on any atom is -0.345 e. The smallest absolute Gasteiger partial charge is 0.251 e. The molecule has 1 N–H and O–H groups in total. The van der Waals surface area contributed by atoms with E-state index >= 15 is 0 Å². The van der Waals surface area contributed by atoms with Gasteiger partial charge >= 0.3 is 0 Å². The average Bonchev–Trinajstić information content (AvgIpc) is 2.76. The molecule has 0 radical (unpaired) electrons. The van der Waals surface area contributed by atoms with Crippen LogP contribution in [0, 0.1) is 5.82 Å². The fourth-order valence-electron chi connectivity index (χ4n) is 1.51. The molecule has 0 saturated carbocycles. The zero-order valence-electron chi connectivity index (χ0n) is 9.61. The van der Waals surface area contributed by atoms with E-state index in [1.165, 1.54) is 35.6 Å². The van der Waals surface area contributed by atoms with Crippen molar-refractivity contribution in [2.45, 2.75) is 13.0 Å². The second-order valence-electron chi connectivity index (χ2n) is 3.84. The monoisotopic (exact) mass is 283 g/mol. The third kappa shape index (κ3) is 3.09. The maximum Gasteiger partial charge on any atom is 0.251 e. The van der Waals surface area contributed by atoms with Crippen LogP contribution in [0.4, 0.5) is 4.39 Å². The summed E-state index contributed by atoms with van der Waals surface area (Å²) in [5.74, 6) is -0.586. The summed E-state index contributed by atoms with van der Waals surface area (Å²) >= 11 is 7.27. The first kappa shape index (κ1) is 13.1. The normalized spacial score (nSPS) is 12.2. The molecule has 5 heteroatoms. The fraction of sp³-hybridized carbons (Fsp3) is 0.154. The number of rotatable bonds is 3. The molecule has 2 nitrogen and oxygen atoms in total. The zero-order valence-corrected chi connectivity index (χ0v) is 11.2. The molecule has 0 spiro atoms. The molecule has 0 bridgehead atoms. The van der Waals surface area contributed by atoms with Crippen LogP contribution in [-0.2, 0) is 0 Å². The summed E-state index contributed by atoms with van der Waals surface area (Å²) in [5.41, 5.74) is 0.436. The second-order valence-corrected chi connectivity index (χ2v) is 5.59. The van der Waals surface area contributed by atoms with E-state index in [9.17, 15) is 9.18 Å². The van der Waals surface area contributed by atoms with Crippen LogP contribution in [0.2, 0.25) is 4.34 Å². The Morgan fingerprint density at radius 2 is 1.94 bits per heavy atom. The number of benzene rings is 1. The largest absolute Gasteiger partial charge is 0.345 e. The number of carbonyl (C=O) groups is 1. The molecule has 1 atom stereocenters. The molecule has 0 aliphatic rings. The van der Waals surface area contributed by atoms with Crippen LogP contribution < -0.4 is 5.32 Å². The number of thiophene rings is 1. The Labute approximate surface area is 113 Å². The molecule has 1 heterocycles. The Balaban J connectivity index is 2.05. The number of amides is 1. The topological polar surface area (TPSA) is 29.1 Å². The zero-order chi connectivity index (χ0) is 13.1. The van der Waals surface area contributed by atoms with Gasteiger partial charge in [0, 0.05) is 10.4 Å². The molecule has 0 aliphatic carbocycles. The molecule has 2 aromatic rings. The highest BCUT2D eigenvalue weighted by Gasteiger charge is 2.12. The predicted octanol–water partition coefficient (Wildman–Crippen LogP) is 4.03. The van der Waals surface area contributed by atoms with Gasteiger partial charge < -0.3 is 5.32 Å². The van der Waals surface area contributed by atoms with Crippen LogP contribution in [0.5, 0.6) is 0 Å². The highest BCUT2D eigenvalue weighted by molar-refractivity contribution is 7.16. The lowest BCUT2D eigenvalue weighted by Gasteiger charge is -2.12. The summed E-state index contributed by atoms with van der Waals surface area (Å²) in [6, 6.07) is 8.99. The Morgan fingerprint density at radius 1 is 1.28 bits per heavy atom. The molecular formula is C13H11ClFNOS. The molecular weight excluding hydrogens is 273 g/mol. The van der Waals surface area contributed by atoms with E-state index in [4.69, 9.17) is 11.6 Å². The summed E-state index contributed by atoms with van der Waals surface area (Å²) in [6.45, 7) is 1.88. The van der Waals surface area contributed by atoms with Gasteiger partial charge in [0.05, 0.1) is 10.4 Å². The van der Waals surface area contributed by atoms with Gasteiger partial charge in [-0.2, -0.15) is 0 Å². The van der Waals surface area contributed by atoms with Crippen molar-refractivity contribution in [3.05, 3.63) is 57.0 Å². The summed E-state index contributed by atoms with van der Waals surface area (Å²) in [5, 5.41) is 2.84. The van der Waals surface area contributed by atoms with E-state index < -0.39 is 0 Å². The van der Waals surface area contributed by atoms with Crippen molar-refractivity contribution in [2.75, 3.05) is 0 Å². The van der Waals surface area contributed by atoms with Crippen molar-refractivity contribution in [3.8, 4) is 0 Å². The van der Waals surface area contributed by atoms with E-state index in [-0.39, 0.29) is 17.8 Å². The number of halogens is 2. The molecule has 2 rings (SSSR count). The van der Waals surface area contributed by atoms with Crippen LogP contribution in [-0.4, -0.2) is 5.91 Å². The molecule has 94 valence electrons. The Hall–Kier alpha value is -1.39. The first-order valence-electron chi connectivity index (χ1n) is 5.38. The van der Waals surface area contributed by atoms with Gasteiger partial charge in [0.15, 0.2) is 0 Å². The lowest BCUT2D eigenvalue weighted by Crippen LogP contribution is -2.26. The SMILES string of the molecule is C[C@@H](NC(=O)c1ccc(F)cc1)c1ccc(Cl)s1. The van der Waals surface area contributed by atoms with E-state index in [0.29, 0.717) is 9.90 Å². The lowest BCUT2D eigenvalue weighted by molar-refractivity contribution is 0.0940. The number of hydrogen-bond donors (Lipinski definition) is 1. The van der Waals surface area contributed by atoms with Gasteiger partial charge in [-0.3, -0.25) is 4.79 Å². The molecule has 1 aromatic carbocycles. The first-order valence-corrected chi connectivity index (χ1v) is 6.57. The van der Waals surface area contributed by atoms with Gasteiger partial charge in [-0.25, -0.2) is 4.39 Å². The minimum atomic E-state index is -0.357. The summed E-state index contributed by atoms with van der Waals surface area (Å²) in [6.07, 6.45) is 0. The number of hydrogen-bond acceptors (Lipinski definition) is 2. The quantitative estimate of drug-likeness (QED) is 0.905. The minimum absolute atomic E-state index is 0.125. The summed E-state index contributed by atoms with van der Waals surface area (Å²) in [4.78, 5) is 12.9. The molecule has 0 saturated heterocycles. The average molecular weight is 284 g/mol. The van der Waals surface area contributed by atoms with Crippen molar-refractivity contribution >= 4 is 28.8 Å². The van der Waals surface area contributed by atoms with Crippen molar-refractivity contribution < 1.29 is 9.18 Å². The Morgan fingerprint density at radius 3 is 2.50 bits per heavy atom. The third-order valence-corrected chi connectivity index (χ3v) is 3.89. The van der Waals surface area contributed by atoms with Gasteiger partial charge in [-0.1, -0.05) is 11.6 Å². The van der Waals surface area contributed by atoms with Crippen molar-refractivity contribution in [1.82, 2.24) is 5.32 Å². The standard InChI is InChI=1S/C13H11ClFNOS/c1-8(11-6-7-12(14)18-11)16-13(17)9-2-4-10(15)5-3-9/h2-8H,1H3,(H,16,17)/t8-/m1/s1. The van der Waals surface area contributed by atoms with Gasteiger partial charge in [0.2, 0.25) is 0 Å². The van der Waals surface area contributed by atoms with Gasteiger partial charge in [-0.15, -0.1) is 11.3 Å². The maximum absolute atomic E-state index is 12.7. The van der Waals surface area contributed by atoms with Crippen molar-refractivity contribution in [1.29, 1.82) is 0 Å². The van der Waals surface area contributed by atoms with E-state index in [1.807, 2.05) is 13.0 Å². The van der Waals surface area contributed by atoms with Crippen LogP contribution in [0.3, 0.4) is 0 Å². The van der Waals surface area contributed by atoms with Crippen LogP contribution in [0.1, 0.15) is 28.2 Å². The number of nitrogens with one attached hydrogen (secondary N) is 1. The first-order chi connectivity index (χ1) is 8.56. The number of carbonyl (C=O) groups excluding carboxylic acids is 1. The van der Waals surface area contributed by atoms with Gasteiger partial charge in [0.1, 0.15) is 5.82 Å². The highest BCUT2D eigenvalue weighted by atomic mass is 35.5. The van der Waals surface area contributed by atoms with Gasteiger partial charge in [0.25, 0.3) is 5.91 Å². The summed E-state index contributed by atoms with van der Waals surface area (Å²) < 4.78 is 13.4. The maximum atomic E-state index is 12.7. The van der Waals surface area contributed by atoms with E-state index in [2.05, 4.69) is 5.32 Å². The van der Waals surface area contributed by atoms with Crippen LogP contribution in [0.25, 0.3) is 0 Å². The van der Waals surface area contributed by atoms with E-state index in [0.717, 1.165) is 4.88 Å². The predicted molar refractivity (Wildman–Crippen MR) is 71.6 cm³/mol. The van der Waals surface area contributed by atoms with Gasteiger partial charge in [-0.05, 0) is 43.3 Å². The fourth-order valence-corrected chi connectivity index (χ4v) is 2.58. The lowest BCUT2D eigenvalue weighted by atomic mass is 10.2. The third-order valence-electron chi connectivity index (χ3n) is 2.47. The van der Waals surface area contributed by atoms with Crippen molar-refractivity contribution in [3.63, 3.8) is 0 Å². The molecule has 18 heavy (non-hydrogen) atoms. The highest BCUT2D eigenvalue weighted by Crippen LogP contribution is 2.26.